The first-order valence-corrected chi connectivity index (χ1v) is 7.56. The van der Waals surface area contributed by atoms with E-state index < -0.39 is 0 Å². The van der Waals surface area contributed by atoms with Crippen molar-refractivity contribution in [2.75, 3.05) is 7.05 Å². The summed E-state index contributed by atoms with van der Waals surface area (Å²) in [5, 5.41) is 4.35. The van der Waals surface area contributed by atoms with Crippen LogP contribution in [-0.4, -0.2) is 7.05 Å². The largest absolute Gasteiger partial charge is 0.459 e. The zero-order valence-corrected chi connectivity index (χ0v) is 13.2. The molecule has 1 N–H and O–H groups in total. The first kappa shape index (κ1) is 14.3. The molecule has 108 valence electrons. The van der Waals surface area contributed by atoms with Crippen LogP contribution < -0.4 is 5.32 Å². The number of halogens is 2. The smallest absolute Gasteiger partial charge is 0.137 e. The van der Waals surface area contributed by atoms with E-state index in [9.17, 15) is 4.39 Å². The molecule has 1 aromatic heterocycles. The van der Waals surface area contributed by atoms with Crippen LogP contribution in [0.4, 0.5) is 4.39 Å². The Morgan fingerprint density at radius 3 is 2.71 bits per heavy atom. The molecule has 0 aliphatic rings. The van der Waals surface area contributed by atoms with E-state index in [1.54, 1.807) is 6.07 Å². The second-order valence-corrected chi connectivity index (χ2v) is 5.83. The van der Waals surface area contributed by atoms with Gasteiger partial charge < -0.3 is 9.73 Å². The molecule has 0 bridgehead atoms. The van der Waals surface area contributed by atoms with Crippen molar-refractivity contribution >= 4 is 26.9 Å². The van der Waals surface area contributed by atoms with E-state index in [-0.39, 0.29) is 11.9 Å². The maximum atomic E-state index is 13.3. The fraction of sp³-hybridized carbons (Fsp3) is 0.176. The van der Waals surface area contributed by atoms with Crippen LogP contribution in [0.15, 0.2) is 57.4 Å². The fourth-order valence-corrected chi connectivity index (χ4v) is 2.85. The minimum atomic E-state index is -0.247. The molecule has 1 atom stereocenters. The third-order valence-electron chi connectivity index (χ3n) is 3.56. The molecule has 0 radical (unpaired) electrons. The Hall–Kier alpha value is -1.65. The summed E-state index contributed by atoms with van der Waals surface area (Å²) < 4.78 is 19.7. The van der Waals surface area contributed by atoms with E-state index in [2.05, 4.69) is 27.3 Å². The molecular formula is C17H15BrFNO. The van der Waals surface area contributed by atoms with Gasteiger partial charge in [-0.3, -0.25) is 0 Å². The average Bonchev–Trinajstić information content (AvgIpc) is 2.92. The molecule has 0 fully saturated rings. The molecule has 0 amide bonds. The van der Waals surface area contributed by atoms with Gasteiger partial charge in [0.25, 0.3) is 0 Å². The fourth-order valence-electron chi connectivity index (χ4n) is 2.42. The maximum Gasteiger partial charge on any atom is 0.137 e. The second-order valence-electron chi connectivity index (χ2n) is 4.98. The molecule has 3 rings (SSSR count). The average molecular weight is 348 g/mol. The molecular weight excluding hydrogens is 333 g/mol. The van der Waals surface area contributed by atoms with Crippen LogP contribution in [0.5, 0.6) is 0 Å². The van der Waals surface area contributed by atoms with Crippen molar-refractivity contribution in [2.45, 2.75) is 12.5 Å². The number of hydrogen-bond donors (Lipinski definition) is 1. The Bertz CT molecular complexity index is 735. The van der Waals surface area contributed by atoms with Crippen molar-refractivity contribution in [2.24, 2.45) is 0 Å². The van der Waals surface area contributed by atoms with E-state index in [1.165, 1.54) is 6.07 Å². The Labute approximate surface area is 131 Å². The molecule has 1 unspecified atom stereocenters. The Kier molecular flexibility index (Phi) is 4.08. The predicted molar refractivity (Wildman–Crippen MR) is 85.8 cm³/mol. The van der Waals surface area contributed by atoms with Crippen LogP contribution >= 0.6 is 15.9 Å². The number of nitrogens with one attached hydrogen (secondary N) is 1. The lowest BCUT2D eigenvalue weighted by atomic mass is 10.0. The van der Waals surface area contributed by atoms with Gasteiger partial charge in [-0.1, -0.05) is 24.3 Å². The molecule has 21 heavy (non-hydrogen) atoms. The molecule has 1 heterocycles. The minimum Gasteiger partial charge on any atom is -0.459 e. The predicted octanol–water partition coefficient (Wildman–Crippen LogP) is 4.84. The molecule has 0 saturated heterocycles. The lowest BCUT2D eigenvalue weighted by molar-refractivity contribution is 0.450. The van der Waals surface area contributed by atoms with Gasteiger partial charge in [0.1, 0.15) is 17.2 Å². The molecule has 4 heteroatoms. The van der Waals surface area contributed by atoms with E-state index >= 15 is 0 Å². The molecule has 2 nitrogen and oxygen atoms in total. The summed E-state index contributed by atoms with van der Waals surface area (Å²) in [6, 6.07) is 15.1. The zero-order valence-electron chi connectivity index (χ0n) is 11.6. The summed E-state index contributed by atoms with van der Waals surface area (Å²) in [6.07, 6.45) is 0.731. The first-order chi connectivity index (χ1) is 10.2. The van der Waals surface area contributed by atoms with E-state index in [0.29, 0.717) is 4.47 Å². The minimum absolute atomic E-state index is 0.0507. The van der Waals surface area contributed by atoms with Gasteiger partial charge in [-0.05, 0) is 59.2 Å². The number of benzene rings is 2. The lowest BCUT2D eigenvalue weighted by Gasteiger charge is -2.14. The quantitative estimate of drug-likeness (QED) is 0.730. The van der Waals surface area contributed by atoms with Crippen LogP contribution in [-0.2, 0) is 6.42 Å². The van der Waals surface area contributed by atoms with Crippen molar-refractivity contribution in [1.82, 2.24) is 5.32 Å². The first-order valence-electron chi connectivity index (χ1n) is 6.77. The molecule has 3 aromatic rings. The Balaban J connectivity index is 1.88. The number of fused-ring (bicyclic) bond motifs is 1. The van der Waals surface area contributed by atoms with Gasteiger partial charge in [-0.15, -0.1) is 0 Å². The number of likely N-dealkylation sites (N-methyl/N-ethyl adjacent to an activating group) is 1. The SMILES string of the molecule is CNC(Cc1ccc(F)c(Br)c1)c1cc2ccccc2o1. The van der Waals surface area contributed by atoms with Crippen LogP contribution in [0.25, 0.3) is 11.0 Å². The highest BCUT2D eigenvalue weighted by molar-refractivity contribution is 9.10. The van der Waals surface area contributed by atoms with Gasteiger partial charge in [0, 0.05) is 5.39 Å². The highest BCUT2D eigenvalue weighted by Crippen LogP contribution is 2.27. The van der Waals surface area contributed by atoms with Crippen LogP contribution in [0.1, 0.15) is 17.4 Å². The molecule has 0 saturated carbocycles. The third-order valence-corrected chi connectivity index (χ3v) is 4.17. The number of rotatable bonds is 4. The van der Waals surface area contributed by atoms with Crippen molar-refractivity contribution in [1.29, 1.82) is 0 Å². The van der Waals surface area contributed by atoms with Gasteiger partial charge in [0.05, 0.1) is 10.5 Å². The number of para-hydroxylation sites is 1. The van der Waals surface area contributed by atoms with Gasteiger partial charge in [-0.2, -0.15) is 0 Å². The van der Waals surface area contributed by atoms with Crippen molar-refractivity contribution in [3.63, 3.8) is 0 Å². The molecule has 0 aliphatic carbocycles. The topological polar surface area (TPSA) is 25.2 Å². The van der Waals surface area contributed by atoms with Gasteiger partial charge in [-0.25, -0.2) is 4.39 Å². The molecule has 2 aromatic carbocycles. The zero-order chi connectivity index (χ0) is 14.8. The maximum absolute atomic E-state index is 13.3. The summed E-state index contributed by atoms with van der Waals surface area (Å²) in [5.41, 5.74) is 1.93. The molecule has 0 aliphatic heterocycles. The van der Waals surface area contributed by atoms with Crippen LogP contribution in [0, 0.1) is 5.82 Å². The van der Waals surface area contributed by atoms with Crippen LogP contribution in [0.2, 0.25) is 0 Å². The van der Waals surface area contributed by atoms with Gasteiger partial charge in [0.15, 0.2) is 0 Å². The van der Waals surface area contributed by atoms with Crippen molar-refractivity contribution in [3.05, 3.63) is 70.1 Å². The molecule has 0 spiro atoms. The highest BCUT2D eigenvalue weighted by Gasteiger charge is 2.15. The van der Waals surface area contributed by atoms with E-state index in [0.717, 1.165) is 28.7 Å². The van der Waals surface area contributed by atoms with E-state index in [4.69, 9.17) is 4.42 Å². The second kappa shape index (κ2) is 6.00. The summed E-state index contributed by atoms with van der Waals surface area (Å²) in [7, 11) is 1.90. The lowest BCUT2D eigenvalue weighted by Crippen LogP contribution is -2.18. The summed E-state index contributed by atoms with van der Waals surface area (Å²) in [5.74, 6) is 0.641. The van der Waals surface area contributed by atoms with E-state index in [1.807, 2.05) is 37.4 Å². The summed E-state index contributed by atoms with van der Waals surface area (Å²) in [4.78, 5) is 0. The Morgan fingerprint density at radius 1 is 1.19 bits per heavy atom. The summed E-state index contributed by atoms with van der Waals surface area (Å²) >= 11 is 3.22. The normalized spacial score (nSPS) is 12.7. The number of hydrogen-bond acceptors (Lipinski definition) is 2. The van der Waals surface area contributed by atoms with Crippen LogP contribution in [0.3, 0.4) is 0 Å². The monoisotopic (exact) mass is 347 g/mol. The standard InChI is InChI=1S/C17H15BrFNO/c1-20-15(9-11-6-7-14(19)13(18)8-11)17-10-12-4-2-3-5-16(12)21-17/h2-8,10,15,20H,9H2,1H3. The van der Waals surface area contributed by atoms with Crippen molar-refractivity contribution < 1.29 is 8.81 Å². The Morgan fingerprint density at radius 2 is 2.00 bits per heavy atom. The van der Waals surface area contributed by atoms with Crippen molar-refractivity contribution in [3.8, 4) is 0 Å². The number of furan rings is 1. The highest BCUT2D eigenvalue weighted by atomic mass is 79.9. The van der Waals surface area contributed by atoms with Gasteiger partial charge >= 0.3 is 0 Å². The van der Waals surface area contributed by atoms with Gasteiger partial charge in [0.2, 0.25) is 0 Å². The third kappa shape index (κ3) is 3.01. The summed E-state index contributed by atoms with van der Waals surface area (Å²) in [6.45, 7) is 0.